The Kier molecular flexibility index (Phi) is 4.37. The average molecular weight is 276 g/mol. The fourth-order valence-electron chi connectivity index (χ4n) is 2.90. The van der Waals surface area contributed by atoms with Gasteiger partial charge in [-0.2, -0.15) is 0 Å². The molecule has 1 aliphatic carbocycles. The van der Waals surface area contributed by atoms with Crippen molar-refractivity contribution in [1.29, 1.82) is 0 Å². The Morgan fingerprint density at radius 1 is 1.40 bits per heavy atom. The van der Waals surface area contributed by atoms with Gasteiger partial charge in [-0.1, -0.05) is 13.3 Å². The van der Waals surface area contributed by atoms with Gasteiger partial charge in [0.05, 0.1) is 11.8 Å². The lowest BCUT2D eigenvalue weighted by atomic mass is 9.95. The number of nitrogens with one attached hydrogen (secondary N) is 1. The minimum atomic E-state index is -0.869. The van der Waals surface area contributed by atoms with Gasteiger partial charge in [-0.05, 0) is 37.8 Å². The number of carbonyl (C=O) groups is 2. The first-order valence-electron chi connectivity index (χ1n) is 6.97. The van der Waals surface area contributed by atoms with Crippen molar-refractivity contribution in [2.24, 2.45) is 17.8 Å². The zero-order valence-electron chi connectivity index (χ0n) is 11.8. The highest BCUT2D eigenvalue weighted by molar-refractivity contribution is 5.95. The Labute approximate surface area is 118 Å². The molecule has 1 aromatic rings. The van der Waals surface area contributed by atoms with Crippen molar-refractivity contribution in [3.05, 3.63) is 24.0 Å². The van der Waals surface area contributed by atoms with Gasteiger partial charge < -0.3 is 10.4 Å². The van der Waals surface area contributed by atoms with E-state index in [1.54, 1.807) is 18.3 Å². The Balaban J connectivity index is 2.09. The zero-order chi connectivity index (χ0) is 14.7. The molecule has 0 saturated heterocycles. The van der Waals surface area contributed by atoms with Crippen LogP contribution in [0.5, 0.6) is 0 Å². The topological polar surface area (TPSA) is 79.3 Å². The smallest absolute Gasteiger partial charge is 0.307 e. The first-order chi connectivity index (χ1) is 9.51. The van der Waals surface area contributed by atoms with Crippen molar-refractivity contribution in [3.63, 3.8) is 0 Å². The van der Waals surface area contributed by atoms with Crippen molar-refractivity contribution >= 4 is 17.6 Å². The number of carboxylic acid groups (broad SMARTS) is 1. The number of aromatic nitrogens is 1. The Morgan fingerprint density at radius 3 is 2.70 bits per heavy atom. The molecule has 0 spiro atoms. The number of carbonyl (C=O) groups excluding carboxylic acids is 1. The van der Waals surface area contributed by atoms with Gasteiger partial charge in [-0.25, -0.2) is 0 Å². The summed E-state index contributed by atoms with van der Waals surface area (Å²) >= 11 is 0. The van der Waals surface area contributed by atoms with Crippen LogP contribution >= 0.6 is 0 Å². The van der Waals surface area contributed by atoms with Crippen molar-refractivity contribution < 1.29 is 14.7 Å². The number of rotatable bonds is 4. The lowest BCUT2D eigenvalue weighted by molar-refractivity contribution is -0.145. The van der Waals surface area contributed by atoms with Gasteiger partial charge >= 0.3 is 5.97 Å². The summed E-state index contributed by atoms with van der Waals surface area (Å²) in [5, 5.41) is 12.1. The highest BCUT2D eigenvalue weighted by Gasteiger charge is 2.42. The number of aryl methyl sites for hydroxylation is 1. The molecule has 1 heterocycles. The number of amides is 1. The van der Waals surface area contributed by atoms with Crippen LogP contribution in [-0.4, -0.2) is 22.0 Å². The Morgan fingerprint density at radius 2 is 2.10 bits per heavy atom. The summed E-state index contributed by atoms with van der Waals surface area (Å²) in [6, 6.07) is 3.49. The van der Waals surface area contributed by atoms with Crippen LogP contribution < -0.4 is 5.32 Å². The summed E-state index contributed by atoms with van der Waals surface area (Å²) in [5.74, 6) is -1.74. The maximum atomic E-state index is 12.3. The first-order valence-corrected chi connectivity index (χ1v) is 6.97. The Hall–Kier alpha value is -1.91. The fraction of sp³-hybridized carbons (Fsp3) is 0.533. The van der Waals surface area contributed by atoms with Crippen LogP contribution in [0.3, 0.4) is 0 Å². The van der Waals surface area contributed by atoms with Crippen LogP contribution in [0.2, 0.25) is 0 Å². The number of nitrogens with zero attached hydrogens (tertiary/aromatic N) is 1. The van der Waals surface area contributed by atoms with Crippen molar-refractivity contribution in [2.75, 3.05) is 5.32 Å². The quantitative estimate of drug-likeness (QED) is 0.885. The van der Waals surface area contributed by atoms with Gasteiger partial charge in [0.25, 0.3) is 0 Å². The summed E-state index contributed by atoms with van der Waals surface area (Å²) in [6.45, 7) is 3.88. The third-order valence-corrected chi connectivity index (χ3v) is 4.06. The third-order valence-electron chi connectivity index (χ3n) is 4.06. The number of anilines is 1. The summed E-state index contributed by atoms with van der Waals surface area (Å²) in [7, 11) is 0. The second kappa shape index (κ2) is 6.03. The molecule has 20 heavy (non-hydrogen) atoms. The highest BCUT2D eigenvalue weighted by atomic mass is 16.4. The summed E-state index contributed by atoms with van der Waals surface area (Å²) < 4.78 is 0. The molecular formula is C15H20N2O3. The van der Waals surface area contributed by atoms with Crippen LogP contribution in [0.25, 0.3) is 0 Å². The van der Waals surface area contributed by atoms with Gasteiger partial charge in [0.1, 0.15) is 0 Å². The molecule has 0 aliphatic heterocycles. The maximum absolute atomic E-state index is 12.3. The number of pyridine rings is 1. The van der Waals surface area contributed by atoms with Crippen LogP contribution in [0, 0.1) is 24.7 Å². The van der Waals surface area contributed by atoms with Gasteiger partial charge in [-0.3, -0.25) is 14.6 Å². The van der Waals surface area contributed by atoms with Gasteiger partial charge in [0.15, 0.2) is 0 Å². The first kappa shape index (κ1) is 14.5. The molecule has 1 aromatic heterocycles. The molecule has 1 unspecified atom stereocenters. The van der Waals surface area contributed by atoms with E-state index in [9.17, 15) is 14.7 Å². The van der Waals surface area contributed by atoms with E-state index < -0.39 is 17.8 Å². The molecule has 0 aromatic carbocycles. The van der Waals surface area contributed by atoms with Crippen molar-refractivity contribution in [1.82, 2.24) is 4.98 Å². The fourth-order valence-corrected chi connectivity index (χ4v) is 2.90. The number of aliphatic carboxylic acids is 1. The predicted octanol–water partition coefficient (Wildman–Crippen LogP) is 2.47. The average Bonchev–Trinajstić information content (AvgIpc) is 2.83. The molecule has 0 radical (unpaired) electrons. The second-order valence-electron chi connectivity index (χ2n) is 5.47. The van der Waals surface area contributed by atoms with Crippen LogP contribution in [-0.2, 0) is 9.59 Å². The molecule has 108 valence electrons. The molecular weight excluding hydrogens is 256 g/mol. The molecule has 1 fully saturated rings. The number of hydrogen-bond acceptors (Lipinski definition) is 3. The van der Waals surface area contributed by atoms with Gasteiger partial charge in [0, 0.05) is 17.6 Å². The van der Waals surface area contributed by atoms with Crippen LogP contribution in [0.4, 0.5) is 5.69 Å². The van der Waals surface area contributed by atoms with E-state index in [0.29, 0.717) is 24.4 Å². The monoisotopic (exact) mass is 276 g/mol. The molecule has 1 saturated carbocycles. The lowest BCUT2D eigenvalue weighted by Gasteiger charge is -2.15. The Bertz CT molecular complexity index is 516. The molecule has 5 heteroatoms. The summed E-state index contributed by atoms with van der Waals surface area (Å²) in [5.41, 5.74) is 1.49. The van der Waals surface area contributed by atoms with Crippen molar-refractivity contribution in [3.8, 4) is 0 Å². The van der Waals surface area contributed by atoms with E-state index in [0.717, 1.165) is 12.1 Å². The standard InChI is InChI=1S/C15H20N2O3/c1-3-10-7-12(13(8-10)15(19)20)14(18)17-11-4-5-16-9(2)6-11/h4-6,10,12-13H,3,7-8H2,1-2H3,(H,19,20)(H,16,17,18)/t10?,12-,13+/m0/s1. The molecule has 2 rings (SSSR count). The molecule has 2 N–H and O–H groups in total. The SMILES string of the molecule is CCC1C[C@H](C(=O)Nc2ccnc(C)c2)[C@H](C(=O)O)C1. The summed E-state index contributed by atoms with van der Waals surface area (Å²) in [6.07, 6.45) is 3.80. The minimum absolute atomic E-state index is 0.195. The van der Waals surface area contributed by atoms with E-state index in [2.05, 4.69) is 10.3 Å². The normalized spacial score (nSPS) is 25.4. The maximum Gasteiger partial charge on any atom is 0.307 e. The molecule has 3 atom stereocenters. The van der Waals surface area contributed by atoms with E-state index >= 15 is 0 Å². The van der Waals surface area contributed by atoms with E-state index in [1.165, 1.54) is 0 Å². The van der Waals surface area contributed by atoms with Crippen LogP contribution in [0.1, 0.15) is 31.9 Å². The molecule has 1 aliphatic rings. The number of carboxylic acids is 1. The van der Waals surface area contributed by atoms with E-state index in [1.807, 2.05) is 13.8 Å². The molecule has 0 bridgehead atoms. The van der Waals surface area contributed by atoms with Crippen LogP contribution in [0.15, 0.2) is 18.3 Å². The largest absolute Gasteiger partial charge is 0.481 e. The third kappa shape index (κ3) is 3.15. The highest BCUT2D eigenvalue weighted by Crippen LogP contribution is 2.39. The van der Waals surface area contributed by atoms with E-state index in [-0.39, 0.29) is 5.91 Å². The molecule has 1 amide bonds. The summed E-state index contributed by atoms with van der Waals surface area (Å²) in [4.78, 5) is 27.7. The lowest BCUT2D eigenvalue weighted by Crippen LogP contribution is -2.30. The van der Waals surface area contributed by atoms with Gasteiger partial charge in [-0.15, -0.1) is 0 Å². The van der Waals surface area contributed by atoms with E-state index in [4.69, 9.17) is 0 Å². The zero-order valence-corrected chi connectivity index (χ0v) is 11.8. The number of hydrogen-bond donors (Lipinski definition) is 2. The predicted molar refractivity (Wildman–Crippen MR) is 75.2 cm³/mol. The van der Waals surface area contributed by atoms with Crippen molar-refractivity contribution in [2.45, 2.75) is 33.1 Å². The molecule has 5 nitrogen and oxygen atoms in total. The minimum Gasteiger partial charge on any atom is -0.481 e. The second-order valence-corrected chi connectivity index (χ2v) is 5.47. The van der Waals surface area contributed by atoms with Gasteiger partial charge in [0.2, 0.25) is 5.91 Å².